The molecule has 0 aromatic heterocycles. The number of sulfonamides is 1. The minimum atomic E-state index is -4.44. The third kappa shape index (κ3) is 8.66. The van der Waals surface area contributed by atoms with Crippen LogP contribution >= 0.6 is 23.2 Å². The number of anilines is 1. The van der Waals surface area contributed by atoms with E-state index in [0.29, 0.717) is 12.1 Å². The van der Waals surface area contributed by atoms with E-state index in [1.807, 2.05) is 44.2 Å². The van der Waals surface area contributed by atoms with Crippen molar-refractivity contribution in [3.05, 3.63) is 130 Å². The van der Waals surface area contributed by atoms with Crippen molar-refractivity contribution >= 4 is 50.7 Å². The quantitative estimate of drug-likeness (QED) is 0.143. The topological polar surface area (TPSA) is 86.8 Å². The van der Waals surface area contributed by atoms with Gasteiger partial charge in [0, 0.05) is 35.1 Å². The summed E-state index contributed by atoms with van der Waals surface area (Å²) in [4.78, 5) is 29.5. The second kappa shape index (κ2) is 16.1. The van der Waals surface area contributed by atoms with Gasteiger partial charge in [-0.3, -0.25) is 13.9 Å². The van der Waals surface area contributed by atoms with Crippen LogP contribution in [0.4, 0.5) is 10.1 Å². The van der Waals surface area contributed by atoms with E-state index < -0.39 is 40.2 Å². The molecular weight excluding hydrogens is 648 g/mol. The van der Waals surface area contributed by atoms with Gasteiger partial charge in [-0.25, -0.2) is 12.8 Å². The van der Waals surface area contributed by atoms with Gasteiger partial charge >= 0.3 is 0 Å². The number of benzene rings is 4. The molecule has 0 unspecified atom stereocenters. The molecule has 4 aromatic carbocycles. The average molecular weight is 685 g/mol. The Morgan fingerprint density at radius 2 is 1.50 bits per heavy atom. The van der Waals surface area contributed by atoms with E-state index in [4.69, 9.17) is 23.2 Å². The van der Waals surface area contributed by atoms with Crippen LogP contribution in [0.3, 0.4) is 0 Å². The number of para-hydroxylation sites is 1. The number of nitrogens with zero attached hydrogens (tertiary/aromatic N) is 2. The summed E-state index contributed by atoms with van der Waals surface area (Å²) >= 11 is 13.1. The standard InChI is InChI=1S/C35H36Cl2FN3O4S/c1-3-4-21-39-35(43)33(22-26-11-6-5-7-12-26)40(23-28-29(36)13-10-14-30(28)37)34(42)24-41(32-16-9-8-15-31(32)38)46(44,45)27-19-17-25(2)18-20-27/h5-20,33H,3-4,21-24H2,1-2H3,(H,39,43)/t33-/m0/s1. The summed E-state index contributed by atoms with van der Waals surface area (Å²) < 4.78 is 44.1. The zero-order valence-electron chi connectivity index (χ0n) is 25.6. The van der Waals surface area contributed by atoms with Crippen molar-refractivity contribution in [2.75, 3.05) is 17.4 Å². The molecule has 7 nitrogen and oxygen atoms in total. The smallest absolute Gasteiger partial charge is 0.264 e. The van der Waals surface area contributed by atoms with Crippen LogP contribution in [-0.2, 0) is 32.6 Å². The minimum absolute atomic E-state index is 0.118. The summed E-state index contributed by atoms with van der Waals surface area (Å²) in [5.41, 5.74) is 1.68. The Morgan fingerprint density at radius 3 is 2.13 bits per heavy atom. The van der Waals surface area contributed by atoms with E-state index in [1.54, 1.807) is 30.3 Å². The molecule has 0 fully saturated rings. The largest absolute Gasteiger partial charge is 0.354 e. The second-order valence-corrected chi connectivity index (χ2v) is 13.5. The number of amides is 2. The Labute approximate surface area is 280 Å². The van der Waals surface area contributed by atoms with Crippen LogP contribution in [0.2, 0.25) is 10.0 Å². The Balaban J connectivity index is 1.83. The first-order valence-corrected chi connectivity index (χ1v) is 17.1. The highest BCUT2D eigenvalue weighted by Gasteiger charge is 2.36. The van der Waals surface area contributed by atoms with Crippen molar-refractivity contribution in [2.24, 2.45) is 0 Å². The molecule has 0 heterocycles. The Kier molecular flexibility index (Phi) is 12.2. The van der Waals surface area contributed by atoms with E-state index in [2.05, 4.69) is 5.32 Å². The summed E-state index contributed by atoms with van der Waals surface area (Å²) in [5.74, 6) is -2.00. The first-order valence-electron chi connectivity index (χ1n) is 14.9. The van der Waals surface area contributed by atoms with Gasteiger partial charge in [-0.05, 0) is 55.3 Å². The molecule has 0 saturated carbocycles. The lowest BCUT2D eigenvalue weighted by molar-refractivity contribution is -0.140. The van der Waals surface area contributed by atoms with E-state index >= 15 is 4.39 Å². The molecule has 1 atom stereocenters. The van der Waals surface area contributed by atoms with Crippen molar-refractivity contribution in [2.45, 2.75) is 50.6 Å². The number of nitrogens with one attached hydrogen (secondary N) is 1. The SMILES string of the molecule is CCCCNC(=O)[C@H](Cc1ccccc1)N(Cc1c(Cl)cccc1Cl)C(=O)CN(c1ccccc1F)S(=O)(=O)c1ccc(C)cc1. The summed E-state index contributed by atoms with van der Waals surface area (Å²) in [6.45, 7) is 3.19. The number of unbranched alkanes of at least 4 members (excludes halogenated alkanes) is 1. The molecule has 2 amide bonds. The summed E-state index contributed by atoms with van der Waals surface area (Å²) in [7, 11) is -4.44. The highest BCUT2D eigenvalue weighted by Crippen LogP contribution is 2.30. The molecule has 4 aromatic rings. The van der Waals surface area contributed by atoms with Gasteiger partial charge in [-0.2, -0.15) is 0 Å². The van der Waals surface area contributed by atoms with Crippen molar-refractivity contribution in [1.29, 1.82) is 0 Å². The van der Waals surface area contributed by atoms with Crippen LogP contribution in [0, 0.1) is 12.7 Å². The highest BCUT2D eigenvalue weighted by molar-refractivity contribution is 7.92. The van der Waals surface area contributed by atoms with Crippen molar-refractivity contribution in [3.63, 3.8) is 0 Å². The first-order chi connectivity index (χ1) is 22.0. The molecule has 0 aliphatic carbocycles. The van der Waals surface area contributed by atoms with Gasteiger partial charge in [0.1, 0.15) is 18.4 Å². The normalized spacial score (nSPS) is 11.9. The number of hydrogen-bond acceptors (Lipinski definition) is 4. The predicted octanol–water partition coefficient (Wildman–Crippen LogP) is 7.19. The third-order valence-electron chi connectivity index (χ3n) is 7.50. The lowest BCUT2D eigenvalue weighted by atomic mass is 10.0. The molecule has 4 rings (SSSR count). The van der Waals surface area contributed by atoms with Gasteiger partial charge in [0.05, 0.1) is 10.6 Å². The molecule has 0 aliphatic rings. The van der Waals surface area contributed by atoms with Gasteiger partial charge in [-0.1, -0.05) is 103 Å². The zero-order chi connectivity index (χ0) is 33.3. The molecule has 0 aliphatic heterocycles. The van der Waals surface area contributed by atoms with Crippen LogP contribution in [0.5, 0.6) is 0 Å². The van der Waals surface area contributed by atoms with Crippen LogP contribution < -0.4 is 9.62 Å². The van der Waals surface area contributed by atoms with Gasteiger partial charge in [-0.15, -0.1) is 0 Å². The van der Waals surface area contributed by atoms with Gasteiger partial charge in [0.2, 0.25) is 11.8 Å². The fourth-order valence-electron chi connectivity index (χ4n) is 4.92. The number of carbonyl (C=O) groups excluding carboxylic acids is 2. The maximum atomic E-state index is 15.3. The van der Waals surface area contributed by atoms with E-state index in [0.717, 1.165) is 34.3 Å². The number of rotatable bonds is 14. The molecular formula is C35H36Cl2FN3O4S. The highest BCUT2D eigenvalue weighted by atomic mass is 35.5. The monoisotopic (exact) mass is 683 g/mol. The van der Waals surface area contributed by atoms with Crippen molar-refractivity contribution < 1.29 is 22.4 Å². The van der Waals surface area contributed by atoms with Gasteiger partial charge in [0.15, 0.2) is 0 Å². The zero-order valence-corrected chi connectivity index (χ0v) is 28.0. The minimum Gasteiger partial charge on any atom is -0.354 e. The Morgan fingerprint density at radius 1 is 0.870 bits per heavy atom. The summed E-state index contributed by atoms with van der Waals surface area (Å²) in [6, 6.07) is 24.4. The number of halogens is 3. The fraction of sp³-hybridized carbons (Fsp3) is 0.257. The van der Waals surface area contributed by atoms with Crippen LogP contribution in [0.25, 0.3) is 0 Å². The fourth-order valence-corrected chi connectivity index (χ4v) is 6.86. The maximum Gasteiger partial charge on any atom is 0.264 e. The Hall–Kier alpha value is -3.92. The molecule has 46 heavy (non-hydrogen) atoms. The molecule has 0 spiro atoms. The van der Waals surface area contributed by atoms with E-state index in [1.165, 1.54) is 35.2 Å². The van der Waals surface area contributed by atoms with Crippen molar-refractivity contribution in [3.8, 4) is 0 Å². The predicted molar refractivity (Wildman–Crippen MR) is 181 cm³/mol. The van der Waals surface area contributed by atoms with Crippen molar-refractivity contribution in [1.82, 2.24) is 10.2 Å². The molecule has 0 radical (unpaired) electrons. The molecule has 0 saturated heterocycles. The summed E-state index contributed by atoms with van der Waals surface area (Å²) in [5, 5.41) is 3.46. The molecule has 0 bridgehead atoms. The second-order valence-electron chi connectivity index (χ2n) is 10.8. The Bertz CT molecular complexity index is 1740. The van der Waals surface area contributed by atoms with Crippen LogP contribution in [0.1, 0.15) is 36.5 Å². The molecule has 1 N–H and O–H groups in total. The third-order valence-corrected chi connectivity index (χ3v) is 9.98. The van der Waals surface area contributed by atoms with Gasteiger partial charge in [0.25, 0.3) is 10.0 Å². The number of hydrogen-bond donors (Lipinski definition) is 1. The van der Waals surface area contributed by atoms with Crippen LogP contribution in [-0.4, -0.2) is 44.3 Å². The maximum absolute atomic E-state index is 15.3. The van der Waals surface area contributed by atoms with Gasteiger partial charge < -0.3 is 10.2 Å². The molecule has 11 heteroatoms. The van der Waals surface area contributed by atoms with E-state index in [9.17, 15) is 18.0 Å². The molecule has 242 valence electrons. The number of aryl methyl sites for hydroxylation is 1. The first kappa shape index (κ1) is 34.9. The number of carbonyl (C=O) groups is 2. The summed E-state index contributed by atoms with van der Waals surface area (Å²) in [6.07, 6.45) is 1.69. The van der Waals surface area contributed by atoms with E-state index in [-0.39, 0.29) is 33.6 Å². The lowest BCUT2D eigenvalue weighted by Gasteiger charge is -2.34. The lowest BCUT2D eigenvalue weighted by Crippen LogP contribution is -2.53. The average Bonchev–Trinajstić information content (AvgIpc) is 3.04. The van der Waals surface area contributed by atoms with Crippen LogP contribution in [0.15, 0.2) is 102 Å².